The van der Waals surface area contributed by atoms with E-state index in [9.17, 15) is 0 Å². The molecule has 18 heavy (non-hydrogen) atoms. The van der Waals surface area contributed by atoms with Gasteiger partial charge < -0.3 is 10.2 Å². The van der Waals surface area contributed by atoms with Crippen LogP contribution in [0, 0.1) is 0 Å². The molecule has 0 saturated carbocycles. The van der Waals surface area contributed by atoms with Crippen molar-refractivity contribution in [1.29, 1.82) is 0 Å². The first-order valence-electron chi connectivity index (χ1n) is 5.41. The number of benzene rings is 1. The van der Waals surface area contributed by atoms with Crippen molar-refractivity contribution in [3.8, 4) is 22.6 Å². The number of hydrogen-bond donors (Lipinski definition) is 0. The monoisotopic (exact) mass is 413 g/mol. The number of aromatic nitrogens is 3. The van der Waals surface area contributed by atoms with Crippen molar-refractivity contribution in [2.45, 2.75) is 0 Å². The van der Waals surface area contributed by atoms with Gasteiger partial charge in [0.15, 0.2) is 0 Å². The Balaban J connectivity index is 0.00000120. The molecule has 2 heterocycles. The Labute approximate surface area is 119 Å². The molecule has 0 aliphatic rings. The Morgan fingerprint density at radius 1 is 0.833 bits per heavy atom. The summed E-state index contributed by atoms with van der Waals surface area (Å²) < 4.78 is 0. The fraction of sp³-hybridized carbons (Fsp3) is 0. The molecule has 0 atom stereocenters. The standard InChI is InChI=1S/C14H10N3.Ir/c1-2-6-11(7-3-1)13-10-14(17-16-13)12-8-4-5-9-15-12;/h1-10H;/q-1;. The molecule has 3 rings (SSSR count). The molecule has 3 aromatic rings. The summed E-state index contributed by atoms with van der Waals surface area (Å²) in [6.45, 7) is 0. The van der Waals surface area contributed by atoms with Gasteiger partial charge in [-0.05, 0) is 23.8 Å². The van der Waals surface area contributed by atoms with Gasteiger partial charge in [-0.2, -0.15) is 0 Å². The van der Waals surface area contributed by atoms with Gasteiger partial charge in [-0.1, -0.05) is 42.1 Å². The van der Waals surface area contributed by atoms with Crippen molar-refractivity contribution in [1.82, 2.24) is 15.2 Å². The van der Waals surface area contributed by atoms with Crippen LogP contribution in [0.3, 0.4) is 0 Å². The molecule has 0 bridgehead atoms. The van der Waals surface area contributed by atoms with Crippen molar-refractivity contribution >= 4 is 0 Å². The van der Waals surface area contributed by atoms with Gasteiger partial charge in [-0.3, -0.25) is 4.98 Å². The second-order valence-corrected chi connectivity index (χ2v) is 3.70. The van der Waals surface area contributed by atoms with E-state index in [1.807, 2.05) is 54.6 Å². The third-order valence-electron chi connectivity index (χ3n) is 2.54. The maximum absolute atomic E-state index is 4.25. The quantitative estimate of drug-likeness (QED) is 0.650. The predicted molar refractivity (Wildman–Crippen MR) is 66.2 cm³/mol. The summed E-state index contributed by atoms with van der Waals surface area (Å²) in [5.41, 5.74) is 3.61. The SMILES string of the molecule is [Ir].c1ccc(-c2cc(-c3ccccn3)[n-]n2)cc1. The van der Waals surface area contributed by atoms with Gasteiger partial charge in [-0.15, -0.1) is 0 Å². The second-order valence-electron chi connectivity index (χ2n) is 3.70. The second kappa shape index (κ2) is 5.71. The van der Waals surface area contributed by atoms with Crippen LogP contribution < -0.4 is 5.10 Å². The average molecular weight is 412 g/mol. The van der Waals surface area contributed by atoms with Crippen molar-refractivity contribution in [3.05, 3.63) is 60.8 Å². The molecule has 0 aliphatic heterocycles. The summed E-state index contributed by atoms with van der Waals surface area (Å²) in [6.07, 6.45) is 1.76. The fourth-order valence-electron chi connectivity index (χ4n) is 1.68. The molecular formula is C14H10IrN3-. The Bertz CT molecular complexity index is 551. The zero-order valence-corrected chi connectivity index (χ0v) is 11.8. The van der Waals surface area contributed by atoms with E-state index in [-0.39, 0.29) is 20.1 Å². The number of rotatable bonds is 2. The van der Waals surface area contributed by atoms with E-state index in [1.165, 1.54) is 0 Å². The number of nitrogens with zero attached hydrogens (tertiary/aromatic N) is 3. The zero-order valence-electron chi connectivity index (χ0n) is 9.45. The van der Waals surface area contributed by atoms with Crippen LogP contribution in [0.2, 0.25) is 0 Å². The van der Waals surface area contributed by atoms with Gasteiger partial charge in [0.2, 0.25) is 0 Å². The molecule has 4 heteroatoms. The minimum Gasteiger partial charge on any atom is -0.573 e. The Morgan fingerprint density at radius 3 is 2.33 bits per heavy atom. The van der Waals surface area contributed by atoms with Crippen molar-refractivity contribution < 1.29 is 20.1 Å². The van der Waals surface area contributed by atoms with Crippen LogP contribution in [0.5, 0.6) is 0 Å². The molecule has 3 nitrogen and oxygen atoms in total. The molecule has 0 unspecified atom stereocenters. The molecule has 0 fully saturated rings. The predicted octanol–water partition coefficient (Wildman–Crippen LogP) is 2.77. The Kier molecular flexibility index (Phi) is 4.03. The molecule has 0 amide bonds. The van der Waals surface area contributed by atoms with Gasteiger partial charge in [0.25, 0.3) is 0 Å². The van der Waals surface area contributed by atoms with Crippen LogP contribution in [-0.4, -0.2) is 10.1 Å². The van der Waals surface area contributed by atoms with E-state index >= 15 is 0 Å². The third kappa shape index (κ3) is 2.55. The van der Waals surface area contributed by atoms with Crippen LogP contribution in [0.1, 0.15) is 0 Å². The topological polar surface area (TPSA) is 39.9 Å². The van der Waals surface area contributed by atoms with Gasteiger partial charge in [0.1, 0.15) is 0 Å². The van der Waals surface area contributed by atoms with E-state index in [2.05, 4.69) is 15.2 Å². The van der Waals surface area contributed by atoms with Crippen LogP contribution in [0.25, 0.3) is 22.6 Å². The van der Waals surface area contributed by atoms with Gasteiger partial charge >= 0.3 is 0 Å². The fourth-order valence-corrected chi connectivity index (χ4v) is 1.68. The van der Waals surface area contributed by atoms with Gasteiger partial charge in [0.05, 0.1) is 0 Å². The largest absolute Gasteiger partial charge is 0.573 e. The van der Waals surface area contributed by atoms with E-state index in [4.69, 9.17) is 0 Å². The molecule has 0 N–H and O–H groups in total. The van der Waals surface area contributed by atoms with Crippen LogP contribution in [0.4, 0.5) is 0 Å². The summed E-state index contributed by atoms with van der Waals surface area (Å²) in [5.74, 6) is 0. The van der Waals surface area contributed by atoms with E-state index in [1.54, 1.807) is 6.20 Å². The third-order valence-corrected chi connectivity index (χ3v) is 2.54. The van der Waals surface area contributed by atoms with E-state index < -0.39 is 0 Å². The van der Waals surface area contributed by atoms with Crippen molar-refractivity contribution in [3.63, 3.8) is 0 Å². The number of hydrogen-bond acceptors (Lipinski definition) is 2. The van der Waals surface area contributed by atoms with Crippen LogP contribution in [-0.2, 0) is 20.1 Å². The van der Waals surface area contributed by atoms with E-state index in [0.29, 0.717) is 0 Å². The minimum atomic E-state index is 0. The summed E-state index contributed by atoms with van der Waals surface area (Å²) in [5, 5.41) is 8.32. The summed E-state index contributed by atoms with van der Waals surface area (Å²) >= 11 is 0. The van der Waals surface area contributed by atoms with Gasteiger partial charge in [0, 0.05) is 37.7 Å². The number of pyridine rings is 1. The van der Waals surface area contributed by atoms with Crippen LogP contribution >= 0.6 is 0 Å². The first-order valence-corrected chi connectivity index (χ1v) is 5.41. The molecule has 1 aromatic carbocycles. The molecule has 0 aliphatic carbocycles. The first-order chi connectivity index (χ1) is 8.43. The molecule has 91 valence electrons. The van der Waals surface area contributed by atoms with Crippen LogP contribution in [0.15, 0.2) is 60.8 Å². The Hall–Kier alpha value is -1.77. The molecular weight excluding hydrogens is 402 g/mol. The minimum absolute atomic E-state index is 0. The molecule has 0 spiro atoms. The Morgan fingerprint density at radius 2 is 1.61 bits per heavy atom. The zero-order chi connectivity index (χ0) is 11.5. The van der Waals surface area contributed by atoms with Crippen molar-refractivity contribution in [2.24, 2.45) is 0 Å². The first kappa shape index (κ1) is 12.7. The van der Waals surface area contributed by atoms with Crippen molar-refractivity contribution in [2.75, 3.05) is 0 Å². The maximum Gasteiger partial charge on any atom is 0.0494 e. The summed E-state index contributed by atoms with van der Waals surface area (Å²) in [4.78, 5) is 4.25. The summed E-state index contributed by atoms with van der Waals surface area (Å²) in [6, 6.07) is 17.7. The normalized spacial score (nSPS) is 9.78. The molecule has 0 saturated heterocycles. The molecule has 2 aromatic heterocycles. The smallest absolute Gasteiger partial charge is 0.0494 e. The van der Waals surface area contributed by atoms with Gasteiger partial charge in [-0.25, -0.2) is 0 Å². The maximum atomic E-state index is 4.25. The van der Waals surface area contributed by atoms with E-state index in [0.717, 1.165) is 22.6 Å². The summed E-state index contributed by atoms with van der Waals surface area (Å²) in [7, 11) is 0. The average Bonchev–Trinajstić information content (AvgIpc) is 2.90. The molecule has 1 radical (unpaired) electrons.